The summed E-state index contributed by atoms with van der Waals surface area (Å²) in [5, 5.41) is 0. The molecule has 5 heteroatoms. The van der Waals surface area contributed by atoms with Crippen molar-refractivity contribution < 1.29 is 13.9 Å². The van der Waals surface area contributed by atoms with Gasteiger partial charge < -0.3 is 9.64 Å². The van der Waals surface area contributed by atoms with Crippen LogP contribution in [0.5, 0.6) is 0 Å². The lowest BCUT2D eigenvalue weighted by molar-refractivity contribution is -0.00256. The van der Waals surface area contributed by atoms with Crippen LogP contribution >= 0.6 is 0 Å². The van der Waals surface area contributed by atoms with E-state index in [9.17, 15) is 9.18 Å². The number of halogens is 1. The Balaban J connectivity index is 1.82. The van der Waals surface area contributed by atoms with E-state index in [0.717, 1.165) is 25.9 Å². The van der Waals surface area contributed by atoms with Gasteiger partial charge in [0.05, 0.1) is 0 Å². The van der Waals surface area contributed by atoms with E-state index in [4.69, 9.17) is 4.74 Å². The average molecular weight is 312 g/mol. The number of carbonyl (C=O) groups excluding carboxylic acids is 1. The maximum atomic E-state index is 14.4. The molecule has 1 saturated heterocycles. The molecule has 0 aromatic carbocycles. The fraction of sp³-hybridized carbons (Fsp3) is 0.824. The normalized spacial score (nSPS) is 30.9. The number of nitrogens with zero attached hydrogens (tertiary/aromatic N) is 2. The third-order valence-corrected chi connectivity index (χ3v) is 4.55. The molecule has 0 aromatic rings. The van der Waals surface area contributed by atoms with Gasteiger partial charge in [0.1, 0.15) is 11.8 Å². The second-order valence-corrected chi connectivity index (χ2v) is 7.40. The summed E-state index contributed by atoms with van der Waals surface area (Å²) < 4.78 is 19.7. The van der Waals surface area contributed by atoms with Crippen molar-refractivity contribution in [3.8, 4) is 0 Å². The number of rotatable bonds is 2. The second-order valence-electron chi connectivity index (χ2n) is 7.40. The van der Waals surface area contributed by atoms with E-state index in [1.807, 2.05) is 26.8 Å². The van der Waals surface area contributed by atoms with E-state index >= 15 is 0 Å². The van der Waals surface area contributed by atoms with Gasteiger partial charge in [-0.2, -0.15) is 0 Å². The van der Waals surface area contributed by atoms with E-state index in [1.54, 1.807) is 4.90 Å². The summed E-state index contributed by atoms with van der Waals surface area (Å²) in [6, 6.07) is -0.00279. The first kappa shape index (κ1) is 17.3. The van der Waals surface area contributed by atoms with Crippen molar-refractivity contribution in [2.45, 2.75) is 57.8 Å². The topological polar surface area (TPSA) is 32.8 Å². The van der Waals surface area contributed by atoms with Gasteiger partial charge in [-0.1, -0.05) is 6.08 Å². The maximum Gasteiger partial charge on any atom is 0.410 e. The van der Waals surface area contributed by atoms with Crippen LogP contribution in [0.4, 0.5) is 9.18 Å². The van der Waals surface area contributed by atoms with E-state index in [-0.39, 0.29) is 12.1 Å². The molecule has 1 heterocycles. The zero-order chi connectivity index (χ0) is 16.3. The number of carbonyl (C=O) groups is 1. The molecule has 0 radical (unpaired) electrons. The van der Waals surface area contributed by atoms with Crippen LogP contribution in [0, 0.1) is 5.92 Å². The quantitative estimate of drug-likeness (QED) is 0.734. The molecule has 2 rings (SSSR count). The fourth-order valence-corrected chi connectivity index (χ4v) is 3.32. The summed E-state index contributed by atoms with van der Waals surface area (Å²) in [6.45, 7) is 12.1. The van der Waals surface area contributed by atoms with Gasteiger partial charge in [0.25, 0.3) is 0 Å². The third-order valence-electron chi connectivity index (χ3n) is 4.55. The number of hydrogen-bond donors (Lipinski definition) is 0. The van der Waals surface area contributed by atoms with Crippen LogP contribution in [0.2, 0.25) is 0 Å². The number of piperazine rings is 1. The van der Waals surface area contributed by atoms with Crippen LogP contribution in [0.3, 0.4) is 0 Å². The molecule has 22 heavy (non-hydrogen) atoms. The highest BCUT2D eigenvalue weighted by atomic mass is 19.1. The van der Waals surface area contributed by atoms with Crippen LogP contribution < -0.4 is 0 Å². The summed E-state index contributed by atoms with van der Waals surface area (Å²) in [5.41, 5.74) is -0.471. The third kappa shape index (κ3) is 4.45. The molecule has 1 aliphatic carbocycles. The Morgan fingerprint density at radius 2 is 1.86 bits per heavy atom. The largest absolute Gasteiger partial charge is 0.444 e. The van der Waals surface area contributed by atoms with Crippen LogP contribution in [0.1, 0.15) is 40.0 Å². The molecule has 0 bridgehead atoms. The zero-order valence-corrected chi connectivity index (χ0v) is 14.1. The van der Waals surface area contributed by atoms with E-state index in [0.29, 0.717) is 25.4 Å². The SMILES string of the molecule is C=CC1CCC(N2CCN(C(=O)OC(C)(C)C)CC2)C(F)C1. The van der Waals surface area contributed by atoms with Crippen LogP contribution in [0.15, 0.2) is 12.7 Å². The Labute approximate surface area is 133 Å². The summed E-state index contributed by atoms with van der Waals surface area (Å²) in [5.74, 6) is 0.314. The van der Waals surface area contributed by atoms with Crippen molar-refractivity contribution in [2.75, 3.05) is 26.2 Å². The predicted molar refractivity (Wildman–Crippen MR) is 85.6 cm³/mol. The molecule has 126 valence electrons. The Kier molecular flexibility index (Phi) is 5.48. The highest BCUT2D eigenvalue weighted by Crippen LogP contribution is 2.31. The lowest BCUT2D eigenvalue weighted by Crippen LogP contribution is -2.55. The average Bonchev–Trinajstić information content (AvgIpc) is 2.45. The number of ether oxygens (including phenoxy) is 1. The number of amides is 1. The molecule has 0 aromatic heterocycles. The molecule has 2 fully saturated rings. The standard InChI is InChI=1S/C17H29FN2O2/c1-5-13-6-7-15(14(18)12-13)19-8-10-20(11-9-19)16(21)22-17(2,3)4/h5,13-15H,1,6-12H2,2-4H3. The summed E-state index contributed by atoms with van der Waals surface area (Å²) in [4.78, 5) is 16.0. The smallest absolute Gasteiger partial charge is 0.410 e. The lowest BCUT2D eigenvalue weighted by atomic mass is 9.84. The lowest BCUT2D eigenvalue weighted by Gasteiger charge is -2.43. The van der Waals surface area contributed by atoms with Crippen LogP contribution in [0.25, 0.3) is 0 Å². The molecule has 0 spiro atoms. The van der Waals surface area contributed by atoms with Gasteiger partial charge in [-0.05, 0) is 46.0 Å². The second kappa shape index (κ2) is 6.99. The molecule has 3 unspecified atom stereocenters. The van der Waals surface area contributed by atoms with E-state index in [1.165, 1.54) is 0 Å². The van der Waals surface area contributed by atoms with E-state index < -0.39 is 11.8 Å². The summed E-state index contributed by atoms with van der Waals surface area (Å²) in [6.07, 6.45) is 3.30. The molecule has 3 atom stereocenters. The molecule has 2 aliphatic rings. The number of allylic oxidation sites excluding steroid dienone is 1. The molecule has 0 N–H and O–H groups in total. The van der Waals surface area contributed by atoms with Crippen molar-refractivity contribution in [2.24, 2.45) is 5.92 Å². The minimum atomic E-state index is -0.787. The summed E-state index contributed by atoms with van der Waals surface area (Å²) in [7, 11) is 0. The van der Waals surface area contributed by atoms with Gasteiger partial charge in [-0.25, -0.2) is 9.18 Å². The van der Waals surface area contributed by atoms with Crippen molar-refractivity contribution in [1.29, 1.82) is 0 Å². The Hall–Kier alpha value is -1.10. The van der Waals surface area contributed by atoms with E-state index in [2.05, 4.69) is 11.5 Å². The molecule has 1 saturated carbocycles. The highest BCUT2D eigenvalue weighted by molar-refractivity contribution is 5.68. The van der Waals surface area contributed by atoms with Crippen molar-refractivity contribution >= 4 is 6.09 Å². The van der Waals surface area contributed by atoms with Gasteiger partial charge in [0, 0.05) is 32.2 Å². The maximum absolute atomic E-state index is 14.4. The summed E-state index contributed by atoms with van der Waals surface area (Å²) >= 11 is 0. The first-order valence-electron chi connectivity index (χ1n) is 8.29. The molecular weight excluding hydrogens is 283 g/mol. The van der Waals surface area contributed by atoms with Crippen molar-refractivity contribution in [3.63, 3.8) is 0 Å². The van der Waals surface area contributed by atoms with Gasteiger partial charge in [-0.15, -0.1) is 6.58 Å². The zero-order valence-electron chi connectivity index (χ0n) is 14.1. The Morgan fingerprint density at radius 1 is 1.23 bits per heavy atom. The van der Waals surface area contributed by atoms with Crippen LogP contribution in [-0.4, -0.2) is 59.9 Å². The van der Waals surface area contributed by atoms with Crippen LogP contribution in [-0.2, 0) is 4.74 Å². The Morgan fingerprint density at radius 3 is 2.36 bits per heavy atom. The minimum absolute atomic E-state index is 0.00279. The van der Waals surface area contributed by atoms with Gasteiger partial charge in [0.2, 0.25) is 0 Å². The molecule has 1 aliphatic heterocycles. The molecule has 4 nitrogen and oxygen atoms in total. The first-order chi connectivity index (χ1) is 10.3. The Bertz CT molecular complexity index is 400. The van der Waals surface area contributed by atoms with Gasteiger partial charge >= 0.3 is 6.09 Å². The fourth-order valence-electron chi connectivity index (χ4n) is 3.32. The number of hydrogen-bond acceptors (Lipinski definition) is 3. The monoisotopic (exact) mass is 312 g/mol. The molecule has 1 amide bonds. The first-order valence-corrected chi connectivity index (χ1v) is 8.29. The van der Waals surface area contributed by atoms with Gasteiger partial charge in [-0.3, -0.25) is 4.90 Å². The van der Waals surface area contributed by atoms with Crippen molar-refractivity contribution in [3.05, 3.63) is 12.7 Å². The van der Waals surface area contributed by atoms with Crippen molar-refractivity contribution in [1.82, 2.24) is 9.80 Å². The molecular formula is C17H29FN2O2. The number of alkyl halides is 1. The highest BCUT2D eigenvalue weighted by Gasteiger charge is 2.36. The predicted octanol–water partition coefficient (Wildman–Crippen LogP) is 3.23. The van der Waals surface area contributed by atoms with Gasteiger partial charge in [0.15, 0.2) is 0 Å². The minimum Gasteiger partial charge on any atom is -0.444 e.